The average molecular weight is 337 g/mol. The van der Waals surface area contributed by atoms with E-state index in [2.05, 4.69) is 10.4 Å². The van der Waals surface area contributed by atoms with E-state index < -0.39 is 5.91 Å². The number of anilines is 1. The number of nitrogens with zero attached hydrogens (tertiary/aromatic N) is 2. The van der Waals surface area contributed by atoms with Crippen LogP contribution in [-0.2, 0) is 13.5 Å². The molecule has 0 radical (unpaired) electrons. The van der Waals surface area contributed by atoms with Gasteiger partial charge in [-0.05, 0) is 47.9 Å². The maximum atomic E-state index is 13.2. The summed E-state index contributed by atoms with van der Waals surface area (Å²) in [4.78, 5) is 23.5. The van der Waals surface area contributed by atoms with Crippen LogP contribution in [0, 0.1) is 5.82 Å². The van der Waals surface area contributed by atoms with Crippen LogP contribution in [0.4, 0.5) is 10.1 Å². The maximum absolute atomic E-state index is 13.2. The molecule has 0 saturated heterocycles. The Hall–Kier alpha value is -3.28. The zero-order valence-corrected chi connectivity index (χ0v) is 13.6. The second kappa shape index (κ2) is 7.09. The average Bonchev–Trinajstić information content (AvgIpc) is 2.59. The summed E-state index contributed by atoms with van der Waals surface area (Å²) >= 11 is 0. The quantitative estimate of drug-likeness (QED) is 0.796. The van der Waals surface area contributed by atoms with Crippen molar-refractivity contribution >= 4 is 11.6 Å². The van der Waals surface area contributed by atoms with Gasteiger partial charge >= 0.3 is 0 Å². The van der Waals surface area contributed by atoms with Crippen LogP contribution >= 0.6 is 0 Å². The first kappa shape index (κ1) is 16.6. The summed E-state index contributed by atoms with van der Waals surface area (Å²) in [6, 6.07) is 16.4. The number of carbonyl (C=O) groups excluding carboxylic acids is 1. The van der Waals surface area contributed by atoms with E-state index in [9.17, 15) is 14.0 Å². The third-order valence-electron chi connectivity index (χ3n) is 3.70. The summed E-state index contributed by atoms with van der Waals surface area (Å²) in [7, 11) is 1.49. The Morgan fingerprint density at radius 2 is 1.84 bits per heavy atom. The minimum Gasteiger partial charge on any atom is -0.321 e. The minimum absolute atomic E-state index is 0.158. The zero-order valence-electron chi connectivity index (χ0n) is 13.6. The van der Waals surface area contributed by atoms with Crippen LogP contribution in [0.5, 0.6) is 0 Å². The first-order chi connectivity index (χ1) is 12.0. The Bertz CT molecular complexity index is 965. The number of halogens is 1. The van der Waals surface area contributed by atoms with Crippen LogP contribution < -0.4 is 10.9 Å². The third kappa shape index (κ3) is 4.17. The number of aromatic nitrogens is 2. The summed E-state index contributed by atoms with van der Waals surface area (Å²) in [5, 5.41) is 6.64. The van der Waals surface area contributed by atoms with E-state index in [0.29, 0.717) is 12.1 Å². The first-order valence-corrected chi connectivity index (χ1v) is 7.70. The largest absolute Gasteiger partial charge is 0.321 e. The lowest BCUT2D eigenvalue weighted by atomic mass is 10.0. The minimum atomic E-state index is -0.395. The molecule has 25 heavy (non-hydrogen) atoms. The van der Waals surface area contributed by atoms with Crippen molar-refractivity contribution in [3.63, 3.8) is 0 Å². The van der Waals surface area contributed by atoms with Crippen molar-refractivity contribution in [2.75, 3.05) is 5.32 Å². The highest BCUT2D eigenvalue weighted by Gasteiger charge is 2.09. The molecule has 0 aliphatic heterocycles. The number of hydrogen-bond donors (Lipinski definition) is 1. The van der Waals surface area contributed by atoms with Gasteiger partial charge in [0.2, 0.25) is 0 Å². The lowest BCUT2D eigenvalue weighted by molar-refractivity contribution is 0.102. The van der Waals surface area contributed by atoms with Gasteiger partial charge in [-0.2, -0.15) is 5.10 Å². The third-order valence-corrected chi connectivity index (χ3v) is 3.70. The summed E-state index contributed by atoms with van der Waals surface area (Å²) < 4.78 is 14.3. The molecule has 0 aliphatic rings. The first-order valence-electron chi connectivity index (χ1n) is 7.70. The van der Waals surface area contributed by atoms with Crippen molar-refractivity contribution in [2.45, 2.75) is 6.42 Å². The second-order valence-electron chi connectivity index (χ2n) is 5.64. The molecule has 1 aromatic heterocycles. The van der Waals surface area contributed by atoms with Crippen molar-refractivity contribution in [2.24, 2.45) is 7.05 Å². The predicted molar refractivity (Wildman–Crippen MR) is 93.1 cm³/mol. The predicted octanol–water partition coefficient (Wildman–Crippen LogP) is 2.76. The molecular formula is C19H16FN3O2. The van der Waals surface area contributed by atoms with E-state index in [4.69, 9.17) is 0 Å². The van der Waals surface area contributed by atoms with E-state index >= 15 is 0 Å². The van der Waals surface area contributed by atoms with Gasteiger partial charge in [0.1, 0.15) is 11.5 Å². The fourth-order valence-electron chi connectivity index (χ4n) is 2.41. The molecule has 5 nitrogen and oxygen atoms in total. The normalized spacial score (nSPS) is 10.5. The van der Waals surface area contributed by atoms with Crippen molar-refractivity contribution in [1.82, 2.24) is 9.78 Å². The topological polar surface area (TPSA) is 64.0 Å². The number of carbonyl (C=O) groups is 1. The molecular weight excluding hydrogens is 321 g/mol. The van der Waals surface area contributed by atoms with Gasteiger partial charge in [0, 0.05) is 18.8 Å². The Labute approximate surface area is 143 Å². The number of rotatable bonds is 4. The molecule has 0 atom stereocenters. The number of amides is 1. The summed E-state index contributed by atoms with van der Waals surface area (Å²) in [6.45, 7) is 0. The van der Waals surface area contributed by atoms with E-state index in [1.54, 1.807) is 18.2 Å². The van der Waals surface area contributed by atoms with Gasteiger partial charge in [-0.15, -0.1) is 0 Å². The Morgan fingerprint density at radius 1 is 1.08 bits per heavy atom. The lowest BCUT2D eigenvalue weighted by Crippen LogP contribution is -2.23. The molecule has 1 heterocycles. The van der Waals surface area contributed by atoms with Crippen molar-refractivity contribution in [3.05, 3.63) is 93.7 Å². The fourth-order valence-corrected chi connectivity index (χ4v) is 2.41. The van der Waals surface area contributed by atoms with E-state index in [1.165, 1.54) is 31.3 Å². The van der Waals surface area contributed by atoms with Gasteiger partial charge < -0.3 is 5.32 Å². The van der Waals surface area contributed by atoms with Crippen LogP contribution in [0.25, 0.3) is 0 Å². The summed E-state index contributed by atoms with van der Waals surface area (Å²) in [5.41, 5.74) is 2.38. The zero-order chi connectivity index (χ0) is 17.8. The Kier molecular flexibility index (Phi) is 4.70. The standard InChI is InChI=1S/C19H16FN3O2/c1-23-18(24)10-9-17(22-23)19(25)21-16-7-5-13(6-8-16)11-14-3-2-4-15(20)12-14/h2-10,12H,11H2,1H3,(H,21,25). The second-order valence-corrected chi connectivity index (χ2v) is 5.64. The maximum Gasteiger partial charge on any atom is 0.276 e. The van der Waals surface area contributed by atoms with Crippen molar-refractivity contribution in [1.29, 1.82) is 0 Å². The molecule has 6 heteroatoms. The SMILES string of the molecule is Cn1nc(C(=O)Nc2ccc(Cc3cccc(F)c3)cc2)ccc1=O. The molecule has 0 spiro atoms. The highest BCUT2D eigenvalue weighted by molar-refractivity contribution is 6.02. The molecule has 126 valence electrons. The molecule has 1 N–H and O–H groups in total. The molecule has 3 aromatic rings. The van der Waals surface area contributed by atoms with Gasteiger partial charge in [-0.25, -0.2) is 9.07 Å². The van der Waals surface area contributed by atoms with Crippen molar-refractivity contribution < 1.29 is 9.18 Å². The van der Waals surface area contributed by atoms with Gasteiger partial charge in [0.05, 0.1) is 0 Å². The van der Waals surface area contributed by atoms with Gasteiger partial charge in [0.15, 0.2) is 0 Å². The van der Waals surface area contributed by atoms with Gasteiger partial charge in [-0.3, -0.25) is 9.59 Å². The van der Waals surface area contributed by atoms with E-state index in [-0.39, 0.29) is 17.1 Å². The molecule has 0 bridgehead atoms. The monoisotopic (exact) mass is 337 g/mol. The molecule has 0 unspecified atom stereocenters. The highest BCUT2D eigenvalue weighted by atomic mass is 19.1. The van der Waals surface area contributed by atoms with Gasteiger partial charge in [0.25, 0.3) is 11.5 Å². The number of aryl methyl sites for hydroxylation is 1. The molecule has 3 rings (SSSR count). The molecule has 2 aromatic carbocycles. The molecule has 0 fully saturated rings. The molecule has 0 saturated carbocycles. The lowest BCUT2D eigenvalue weighted by Gasteiger charge is -2.07. The smallest absolute Gasteiger partial charge is 0.276 e. The van der Waals surface area contributed by atoms with Gasteiger partial charge in [-0.1, -0.05) is 24.3 Å². The van der Waals surface area contributed by atoms with Crippen LogP contribution in [0.2, 0.25) is 0 Å². The van der Waals surface area contributed by atoms with Crippen molar-refractivity contribution in [3.8, 4) is 0 Å². The fraction of sp³-hybridized carbons (Fsp3) is 0.105. The summed E-state index contributed by atoms with van der Waals surface area (Å²) in [5.74, 6) is -0.653. The van der Waals surface area contributed by atoms with Crippen LogP contribution in [0.1, 0.15) is 21.6 Å². The van der Waals surface area contributed by atoms with E-state index in [0.717, 1.165) is 15.8 Å². The number of benzene rings is 2. The van der Waals surface area contributed by atoms with E-state index in [1.807, 2.05) is 18.2 Å². The summed E-state index contributed by atoms with van der Waals surface area (Å²) in [6.07, 6.45) is 0.605. The molecule has 0 aliphatic carbocycles. The number of hydrogen-bond acceptors (Lipinski definition) is 3. The Balaban J connectivity index is 1.68. The van der Waals surface area contributed by atoms with Crippen LogP contribution in [-0.4, -0.2) is 15.7 Å². The van der Waals surface area contributed by atoms with Crippen LogP contribution in [0.3, 0.4) is 0 Å². The van der Waals surface area contributed by atoms with Crippen LogP contribution in [0.15, 0.2) is 65.5 Å². The Morgan fingerprint density at radius 3 is 2.52 bits per heavy atom. The molecule has 1 amide bonds. The number of nitrogens with one attached hydrogen (secondary N) is 1. The highest BCUT2D eigenvalue weighted by Crippen LogP contribution is 2.15.